The summed E-state index contributed by atoms with van der Waals surface area (Å²) in [4.78, 5) is 77.6. The molecule has 18 heteroatoms. The molecule has 4 N–H and O–H groups in total. The normalized spacial score (nSPS) is 11.9. The fourth-order valence-electron chi connectivity index (χ4n) is 5.25. The molecule has 0 radical (unpaired) electrons. The SMILES string of the molecule is CC(C)(C)n1cnc2c(NC(=O)c3ccccc3)ncnc21.CC(C)(C)n1ncc2c(=O)[nH]cnc21.CC(C)C(=O)Nc1nc2c(ncn2C(C)(C)C)c(=O)[nH]1. The second-order valence-electron chi connectivity index (χ2n) is 16.2. The van der Waals surface area contributed by atoms with Gasteiger partial charge in [-0.3, -0.25) is 29.5 Å². The van der Waals surface area contributed by atoms with E-state index < -0.39 is 0 Å². The Bertz CT molecular complexity index is 2610. The molecule has 0 aliphatic heterocycles. The van der Waals surface area contributed by atoms with Crippen LogP contribution < -0.4 is 21.8 Å². The number of hydrogen-bond donors (Lipinski definition) is 4. The number of hydrogen-bond acceptors (Lipinski definition) is 11. The highest BCUT2D eigenvalue weighted by atomic mass is 16.2. The second-order valence-corrected chi connectivity index (χ2v) is 16.2. The van der Waals surface area contributed by atoms with Crippen molar-refractivity contribution in [3.63, 3.8) is 0 Å². The Kier molecular flexibility index (Phi) is 11.3. The van der Waals surface area contributed by atoms with E-state index in [1.54, 1.807) is 49.5 Å². The number of rotatable bonds is 4. The zero-order chi connectivity index (χ0) is 41.2. The molecule has 0 aliphatic carbocycles. The number of carbonyl (C=O) groups excluding carboxylic acids is 2. The van der Waals surface area contributed by atoms with Gasteiger partial charge in [-0.25, -0.2) is 29.6 Å². The van der Waals surface area contributed by atoms with Gasteiger partial charge in [0.05, 0.1) is 30.7 Å². The zero-order valence-corrected chi connectivity index (χ0v) is 33.5. The van der Waals surface area contributed by atoms with Crippen molar-refractivity contribution in [3.8, 4) is 0 Å². The summed E-state index contributed by atoms with van der Waals surface area (Å²) in [6.07, 6.45) is 7.69. The maximum atomic E-state index is 12.3. The fourth-order valence-corrected chi connectivity index (χ4v) is 5.25. The Morgan fingerprint density at radius 3 is 1.95 bits per heavy atom. The number of benzene rings is 1. The summed E-state index contributed by atoms with van der Waals surface area (Å²) < 4.78 is 5.52. The maximum Gasteiger partial charge on any atom is 0.280 e. The van der Waals surface area contributed by atoms with Crippen LogP contribution in [0.4, 0.5) is 11.8 Å². The van der Waals surface area contributed by atoms with Crippen LogP contribution >= 0.6 is 0 Å². The van der Waals surface area contributed by atoms with Crippen molar-refractivity contribution in [1.29, 1.82) is 0 Å². The second kappa shape index (κ2) is 15.6. The molecule has 0 atom stereocenters. The largest absolute Gasteiger partial charge is 0.312 e. The number of anilines is 2. The molecule has 18 nitrogen and oxygen atoms in total. The van der Waals surface area contributed by atoms with E-state index in [0.29, 0.717) is 39.2 Å². The molecule has 0 bridgehead atoms. The molecule has 0 spiro atoms. The van der Waals surface area contributed by atoms with Crippen molar-refractivity contribution in [3.05, 3.63) is 88.1 Å². The van der Waals surface area contributed by atoms with Crippen LogP contribution in [0.5, 0.6) is 0 Å². The first-order valence-electron chi connectivity index (χ1n) is 17.9. The lowest BCUT2D eigenvalue weighted by Gasteiger charge is -2.20. The first-order valence-corrected chi connectivity index (χ1v) is 17.9. The van der Waals surface area contributed by atoms with Crippen molar-refractivity contribution in [2.75, 3.05) is 10.6 Å². The Morgan fingerprint density at radius 1 is 0.714 bits per heavy atom. The number of nitrogens with zero attached hydrogens (tertiary/aromatic N) is 10. The molecule has 0 fully saturated rings. The van der Waals surface area contributed by atoms with Crippen molar-refractivity contribution >= 4 is 56.9 Å². The monoisotopic (exact) mass is 764 g/mol. The van der Waals surface area contributed by atoms with Gasteiger partial charge in [0.15, 0.2) is 33.8 Å². The van der Waals surface area contributed by atoms with Gasteiger partial charge in [0.25, 0.3) is 17.0 Å². The van der Waals surface area contributed by atoms with E-state index in [1.807, 2.05) is 68.9 Å². The summed E-state index contributed by atoms with van der Waals surface area (Å²) >= 11 is 0. The van der Waals surface area contributed by atoms with E-state index in [9.17, 15) is 19.2 Å². The first kappa shape index (κ1) is 40.6. The molecule has 7 aromatic rings. The molecule has 0 unspecified atom stereocenters. The minimum absolute atomic E-state index is 0.146. The molecule has 0 saturated carbocycles. The van der Waals surface area contributed by atoms with E-state index in [4.69, 9.17) is 0 Å². The van der Waals surface area contributed by atoms with Gasteiger partial charge in [-0.15, -0.1) is 0 Å². The lowest BCUT2D eigenvalue weighted by Crippen LogP contribution is -2.24. The maximum absolute atomic E-state index is 12.3. The van der Waals surface area contributed by atoms with E-state index in [1.165, 1.54) is 12.7 Å². The molecule has 6 heterocycles. The summed E-state index contributed by atoms with van der Waals surface area (Å²) in [7, 11) is 0. The van der Waals surface area contributed by atoms with Crippen molar-refractivity contribution in [2.24, 2.45) is 5.92 Å². The molecular weight excluding hydrogens is 717 g/mol. The van der Waals surface area contributed by atoms with Crippen LogP contribution in [0.25, 0.3) is 33.4 Å². The van der Waals surface area contributed by atoms with Gasteiger partial charge in [-0.2, -0.15) is 10.1 Å². The number of imidazole rings is 2. The summed E-state index contributed by atoms with van der Waals surface area (Å²) in [6.45, 7) is 21.8. The summed E-state index contributed by atoms with van der Waals surface area (Å²) in [6, 6.07) is 9.01. The third-order valence-electron chi connectivity index (χ3n) is 8.23. The highest BCUT2D eigenvalue weighted by Gasteiger charge is 2.22. The number of H-pyrrole nitrogens is 2. The number of aromatic amines is 2. The van der Waals surface area contributed by atoms with Crippen molar-refractivity contribution in [2.45, 2.75) is 92.8 Å². The third-order valence-corrected chi connectivity index (χ3v) is 8.23. The molecule has 294 valence electrons. The molecule has 56 heavy (non-hydrogen) atoms. The quantitative estimate of drug-likeness (QED) is 0.183. The summed E-state index contributed by atoms with van der Waals surface area (Å²) in [5.41, 5.74) is 2.13. The molecular formula is C38H48N14O4. The highest BCUT2D eigenvalue weighted by Crippen LogP contribution is 2.24. The van der Waals surface area contributed by atoms with Crippen LogP contribution in [0.2, 0.25) is 0 Å². The molecule has 6 aromatic heterocycles. The van der Waals surface area contributed by atoms with E-state index in [2.05, 4.69) is 76.4 Å². The summed E-state index contributed by atoms with van der Waals surface area (Å²) in [5.74, 6) is -0.0437. The van der Waals surface area contributed by atoms with Gasteiger partial charge in [0, 0.05) is 22.6 Å². The lowest BCUT2D eigenvalue weighted by molar-refractivity contribution is -0.118. The minimum Gasteiger partial charge on any atom is -0.312 e. The smallest absolute Gasteiger partial charge is 0.280 e. The number of aromatic nitrogens is 12. The average molecular weight is 765 g/mol. The molecule has 0 aliphatic rings. The fraction of sp³-hybridized carbons (Fsp3) is 0.395. The average Bonchev–Trinajstić information content (AvgIpc) is 3.87. The van der Waals surface area contributed by atoms with Gasteiger partial charge in [0.2, 0.25) is 11.9 Å². The molecule has 2 amide bonds. The first-order chi connectivity index (χ1) is 26.2. The summed E-state index contributed by atoms with van der Waals surface area (Å²) in [5, 5.41) is 10.1. The zero-order valence-electron chi connectivity index (χ0n) is 33.5. The highest BCUT2D eigenvalue weighted by molar-refractivity contribution is 6.06. The Balaban J connectivity index is 0.000000165. The van der Waals surface area contributed by atoms with Crippen LogP contribution in [-0.2, 0) is 21.4 Å². The minimum atomic E-state index is -0.364. The number of amides is 2. The van der Waals surface area contributed by atoms with Gasteiger partial charge in [-0.1, -0.05) is 32.0 Å². The van der Waals surface area contributed by atoms with Crippen LogP contribution in [0.1, 0.15) is 86.5 Å². The van der Waals surface area contributed by atoms with E-state index >= 15 is 0 Å². The van der Waals surface area contributed by atoms with Crippen molar-refractivity contribution in [1.82, 2.24) is 58.8 Å². The Hall–Kier alpha value is -6.59. The predicted molar refractivity (Wildman–Crippen MR) is 214 cm³/mol. The molecule has 0 saturated heterocycles. The van der Waals surface area contributed by atoms with Crippen LogP contribution in [0.15, 0.2) is 71.4 Å². The topological polar surface area (TPSA) is 229 Å². The van der Waals surface area contributed by atoms with Crippen molar-refractivity contribution < 1.29 is 9.59 Å². The van der Waals surface area contributed by atoms with Crippen LogP contribution in [-0.4, -0.2) is 70.6 Å². The van der Waals surface area contributed by atoms with Gasteiger partial charge in [0.1, 0.15) is 11.7 Å². The van der Waals surface area contributed by atoms with E-state index in [-0.39, 0.29) is 56.9 Å². The van der Waals surface area contributed by atoms with Gasteiger partial charge < -0.3 is 19.4 Å². The molecule has 1 aromatic carbocycles. The number of nitrogens with one attached hydrogen (secondary N) is 4. The number of fused-ring (bicyclic) bond motifs is 3. The lowest BCUT2D eigenvalue weighted by atomic mass is 10.1. The molecule has 7 rings (SSSR count). The van der Waals surface area contributed by atoms with E-state index in [0.717, 1.165) is 0 Å². The van der Waals surface area contributed by atoms with Gasteiger partial charge in [-0.05, 0) is 74.4 Å². The predicted octanol–water partition coefficient (Wildman–Crippen LogP) is 5.18. The standard InChI is InChI=1S/C16H17N5O.C13H19N5O2.C9H12N4O/c1-16(2,3)21-10-19-12-13(17-9-18-14(12)21)20-15(22)11-7-5-4-6-8-11;1-7(2)10(19)16-12-15-9-8(11(20)17-12)14-6-18(9)13(3,4)5;1-9(2,3)13-7-6(4-12-13)8(14)11-5-10-7/h4-10H,1-3H3,(H,17,18,20,22);6-7H,1-5H3,(H2,15,16,17,19,20);4-5H,1-3H3,(H,10,11,14). The number of carbonyl (C=O) groups is 2. The van der Waals surface area contributed by atoms with Crippen LogP contribution in [0, 0.1) is 5.92 Å². The van der Waals surface area contributed by atoms with Crippen LogP contribution in [0.3, 0.4) is 0 Å². The Labute approximate surface area is 322 Å². The third kappa shape index (κ3) is 9.02. The Morgan fingerprint density at radius 2 is 1.34 bits per heavy atom. The van der Waals surface area contributed by atoms with Gasteiger partial charge >= 0.3 is 0 Å².